The molecule has 0 spiro atoms. The maximum atomic E-state index is 13.8. The highest BCUT2D eigenvalue weighted by Crippen LogP contribution is 2.35. The van der Waals surface area contributed by atoms with Gasteiger partial charge in [-0.1, -0.05) is 28.1 Å². The molecule has 0 heterocycles. The zero-order chi connectivity index (χ0) is 14.7. The first-order valence-electron chi connectivity index (χ1n) is 6.19. The van der Waals surface area contributed by atoms with Crippen LogP contribution in [0.3, 0.4) is 0 Å². The summed E-state index contributed by atoms with van der Waals surface area (Å²) in [6.07, 6.45) is 0. The SMILES string of the molecule is COc1ccc(C(Br)c2ccc(OC)c(F)c2)c(C)c1. The molecule has 2 aromatic rings. The van der Waals surface area contributed by atoms with Gasteiger partial charge < -0.3 is 9.47 Å². The van der Waals surface area contributed by atoms with Crippen molar-refractivity contribution in [3.05, 3.63) is 58.9 Å². The van der Waals surface area contributed by atoms with E-state index in [9.17, 15) is 4.39 Å². The van der Waals surface area contributed by atoms with Crippen molar-refractivity contribution < 1.29 is 13.9 Å². The second kappa shape index (κ2) is 6.27. The van der Waals surface area contributed by atoms with Crippen LogP contribution in [-0.2, 0) is 0 Å². The number of rotatable bonds is 4. The van der Waals surface area contributed by atoms with Gasteiger partial charge in [0.25, 0.3) is 0 Å². The van der Waals surface area contributed by atoms with Crippen LogP contribution in [0.5, 0.6) is 11.5 Å². The molecule has 0 fully saturated rings. The van der Waals surface area contributed by atoms with Crippen LogP contribution < -0.4 is 9.47 Å². The van der Waals surface area contributed by atoms with Crippen molar-refractivity contribution >= 4 is 15.9 Å². The Hall–Kier alpha value is -1.55. The Morgan fingerprint density at radius 3 is 2.35 bits per heavy atom. The van der Waals surface area contributed by atoms with Gasteiger partial charge in [-0.3, -0.25) is 0 Å². The van der Waals surface area contributed by atoms with E-state index >= 15 is 0 Å². The van der Waals surface area contributed by atoms with Crippen LogP contribution in [0.4, 0.5) is 4.39 Å². The van der Waals surface area contributed by atoms with Gasteiger partial charge in [-0.05, 0) is 47.9 Å². The maximum absolute atomic E-state index is 13.8. The van der Waals surface area contributed by atoms with Crippen molar-refractivity contribution in [2.75, 3.05) is 14.2 Å². The molecule has 2 nitrogen and oxygen atoms in total. The molecule has 20 heavy (non-hydrogen) atoms. The summed E-state index contributed by atoms with van der Waals surface area (Å²) in [5.41, 5.74) is 3.01. The highest BCUT2D eigenvalue weighted by atomic mass is 79.9. The molecule has 0 aliphatic carbocycles. The maximum Gasteiger partial charge on any atom is 0.165 e. The molecular weight excluding hydrogens is 323 g/mol. The lowest BCUT2D eigenvalue weighted by Crippen LogP contribution is -1.98. The summed E-state index contributed by atoms with van der Waals surface area (Å²) in [6.45, 7) is 2.01. The van der Waals surface area contributed by atoms with Crippen LogP contribution in [0, 0.1) is 12.7 Å². The smallest absolute Gasteiger partial charge is 0.165 e. The second-order valence-electron chi connectivity index (χ2n) is 4.48. The van der Waals surface area contributed by atoms with E-state index < -0.39 is 0 Å². The summed E-state index contributed by atoms with van der Waals surface area (Å²) in [4.78, 5) is -0.0752. The third-order valence-electron chi connectivity index (χ3n) is 3.22. The number of methoxy groups -OCH3 is 2. The number of hydrogen-bond acceptors (Lipinski definition) is 2. The Kier molecular flexibility index (Phi) is 4.65. The molecule has 0 bridgehead atoms. The largest absolute Gasteiger partial charge is 0.497 e. The topological polar surface area (TPSA) is 18.5 Å². The van der Waals surface area contributed by atoms with E-state index in [4.69, 9.17) is 9.47 Å². The predicted octanol–water partition coefficient (Wildman–Crippen LogP) is 4.64. The minimum Gasteiger partial charge on any atom is -0.497 e. The Morgan fingerprint density at radius 1 is 1.05 bits per heavy atom. The second-order valence-corrected chi connectivity index (χ2v) is 5.39. The molecule has 0 N–H and O–H groups in total. The molecule has 1 atom stereocenters. The summed E-state index contributed by atoms with van der Waals surface area (Å²) in [5.74, 6) is 0.701. The summed E-state index contributed by atoms with van der Waals surface area (Å²) >= 11 is 3.62. The van der Waals surface area contributed by atoms with E-state index in [2.05, 4.69) is 15.9 Å². The van der Waals surface area contributed by atoms with E-state index in [1.54, 1.807) is 13.2 Å². The van der Waals surface area contributed by atoms with Crippen molar-refractivity contribution in [1.29, 1.82) is 0 Å². The molecule has 2 aromatic carbocycles. The molecule has 0 aromatic heterocycles. The van der Waals surface area contributed by atoms with Crippen LogP contribution in [0.1, 0.15) is 21.5 Å². The van der Waals surface area contributed by atoms with E-state index in [1.165, 1.54) is 13.2 Å². The Labute approximate surface area is 126 Å². The number of benzene rings is 2. The average molecular weight is 339 g/mol. The number of halogens is 2. The van der Waals surface area contributed by atoms with Crippen LogP contribution in [0.25, 0.3) is 0 Å². The predicted molar refractivity (Wildman–Crippen MR) is 81.5 cm³/mol. The van der Waals surface area contributed by atoms with Gasteiger partial charge in [-0.2, -0.15) is 0 Å². The third kappa shape index (κ3) is 2.96. The lowest BCUT2D eigenvalue weighted by Gasteiger charge is -2.15. The number of alkyl halides is 1. The Balaban J connectivity index is 2.35. The van der Waals surface area contributed by atoms with Gasteiger partial charge in [0.05, 0.1) is 19.0 Å². The molecule has 0 saturated carbocycles. The fraction of sp³-hybridized carbons (Fsp3) is 0.250. The van der Waals surface area contributed by atoms with E-state index in [-0.39, 0.29) is 16.4 Å². The first-order valence-corrected chi connectivity index (χ1v) is 7.10. The molecule has 0 amide bonds. The summed E-state index contributed by atoms with van der Waals surface area (Å²) < 4.78 is 23.9. The molecule has 106 valence electrons. The van der Waals surface area contributed by atoms with E-state index in [1.807, 2.05) is 31.2 Å². The van der Waals surface area contributed by atoms with Gasteiger partial charge in [0.15, 0.2) is 11.6 Å². The van der Waals surface area contributed by atoms with Crippen molar-refractivity contribution in [3.63, 3.8) is 0 Å². The fourth-order valence-corrected chi connectivity index (χ4v) is 2.88. The van der Waals surface area contributed by atoms with Gasteiger partial charge in [0.2, 0.25) is 0 Å². The lowest BCUT2D eigenvalue weighted by molar-refractivity contribution is 0.386. The quantitative estimate of drug-likeness (QED) is 0.756. The highest BCUT2D eigenvalue weighted by Gasteiger charge is 2.15. The normalized spacial score (nSPS) is 12.1. The molecule has 1 unspecified atom stereocenters. The van der Waals surface area contributed by atoms with Crippen LogP contribution >= 0.6 is 15.9 Å². The molecular formula is C16H16BrFO2. The molecule has 0 radical (unpaired) electrons. The van der Waals surface area contributed by atoms with Gasteiger partial charge >= 0.3 is 0 Å². The van der Waals surface area contributed by atoms with Crippen LogP contribution in [-0.4, -0.2) is 14.2 Å². The van der Waals surface area contributed by atoms with Gasteiger partial charge in [0, 0.05) is 0 Å². The average Bonchev–Trinajstić information content (AvgIpc) is 2.46. The molecule has 0 aliphatic heterocycles. The Bertz CT molecular complexity index is 613. The number of ether oxygens (including phenoxy) is 2. The van der Waals surface area contributed by atoms with E-state index in [0.29, 0.717) is 0 Å². The first-order chi connectivity index (χ1) is 9.56. The zero-order valence-electron chi connectivity index (χ0n) is 11.6. The minimum atomic E-state index is -0.361. The zero-order valence-corrected chi connectivity index (χ0v) is 13.2. The van der Waals surface area contributed by atoms with Crippen molar-refractivity contribution in [2.24, 2.45) is 0 Å². The van der Waals surface area contributed by atoms with Crippen molar-refractivity contribution in [3.8, 4) is 11.5 Å². The lowest BCUT2D eigenvalue weighted by atomic mass is 10.00. The molecule has 0 saturated heterocycles. The molecule has 4 heteroatoms. The number of aryl methyl sites for hydroxylation is 1. The number of hydrogen-bond donors (Lipinski definition) is 0. The van der Waals surface area contributed by atoms with Gasteiger partial charge in [-0.25, -0.2) is 4.39 Å². The highest BCUT2D eigenvalue weighted by molar-refractivity contribution is 9.09. The Morgan fingerprint density at radius 2 is 1.80 bits per heavy atom. The van der Waals surface area contributed by atoms with Crippen LogP contribution in [0.15, 0.2) is 36.4 Å². The summed E-state index contributed by atoms with van der Waals surface area (Å²) in [6, 6.07) is 10.8. The van der Waals surface area contributed by atoms with Crippen molar-refractivity contribution in [1.82, 2.24) is 0 Å². The van der Waals surface area contributed by atoms with Crippen LogP contribution in [0.2, 0.25) is 0 Å². The van der Waals surface area contributed by atoms with Crippen molar-refractivity contribution in [2.45, 2.75) is 11.8 Å². The third-order valence-corrected chi connectivity index (χ3v) is 4.24. The van der Waals surface area contributed by atoms with Gasteiger partial charge in [-0.15, -0.1) is 0 Å². The standard InChI is InChI=1S/C16H16BrFO2/c1-10-8-12(19-2)5-6-13(10)16(17)11-4-7-15(20-3)14(18)9-11/h4-9,16H,1-3H3. The summed E-state index contributed by atoms with van der Waals surface area (Å²) in [5, 5.41) is 0. The molecule has 0 aliphatic rings. The monoisotopic (exact) mass is 338 g/mol. The first kappa shape index (κ1) is 14.9. The summed E-state index contributed by atoms with van der Waals surface area (Å²) in [7, 11) is 3.09. The van der Waals surface area contributed by atoms with E-state index in [0.717, 1.165) is 22.4 Å². The van der Waals surface area contributed by atoms with Gasteiger partial charge in [0.1, 0.15) is 5.75 Å². The fourth-order valence-electron chi connectivity index (χ4n) is 2.08. The molecule has 2 rings (SSSR count). The minimum absolute atomic E-state index is 0.0752.